The Bertz CT molecular complexity index is 1180. The molecule has 1 aromatic carbocycles. The van der Waals surface area contributed by atoms with Crippen LogP contribution in [0.1, 0.15) is 59.4 Å². The minimum absolute atomic E-state index is 0.00753. The topological polar surface area (TPSA) is 111 Å². The molecule has 0 saturated heterocycles. The van der Waals surface area contributed by atoms with Crippen molar-refractivity contribution in [3.8, 4) is 10.8 Å². The minimum Gasteiger partial charge on any atom is -0.467 e. The molecule has 0 aliphatic carbocycles. The molecule has 0 aliphatic rings. The predicted octanol–water partition coefficient (Wildman–Crippen LogP) is 4.96. The number of amides is 2. The maximum absolute atomic E-state index is 14.5. The van der Waals surface area contributed by atoms with Gasteiger partial charge in [-0.1, -0.05) is 70.9 Å². The Balaban J connectivity index is 3.41. The molecule has 0 radical (unpaired) electrons. The average Bonchev–Trinajstić information content (AvgIpc) is 2.96. The normalized spacial score (nSPS) is 15.6. The molecule has 0 fully saturated rings. The van der Waals surface area contributed by atoms with Gasteiger partial charge in [0, 0.05) is 42.1 Å². The molecule has 1 rings (SSSR count). The highest BCUT2D eigenvalue weighted by molar-refractivity contribution is 9.12. The van der Waals surface area contributed by atoms with Gasteiger partial charge in [-0.3, -0.25) is 9.59 Å². The number of unbranched alkanes of at least 4 members (excludes halogenated alkanes) is 1. The molecule has 0 aliphatic heterocycles. The molecule has 13 heteroatoms. The van der Waals surface area contributed by atoms with Gasteiger partial charge in [-0.05, 0) is 29.5 Å². The van der Waals surface area contributed by atoms with E-state index in [0.717, 1.165) is 19.2 Å². The van der Waals surface area contributed by atoms with Gasteiger partial charge >= 0.3 is 18.1 Å². The van der Waals surface area contributed by atoms with Gasteiger partial charge in [-0.2, -0.15) is 13.2 Å². The van der Waals surface area contributed by atoms with Gasteiger partial charge in [-0.25, -0.2) is 9.59 Å². The largest absolute Gasteiger partial charge is 0.467 e. The number of carbonyl (C=O) groups is 4. The standard InChI is InChI=1S/C31H42BrF3N2O7/c1-19(2)24(27(39)37(6)25(20(3)4)28(40)42-7)36-26(38)21(5)23(17-13-10-14-18-32)44-29(41)30(43-8,31(33,34)35)22-15-11-9-12-16-22/h9,11-12,15-16,19-21,23-25H,10,13,17H2,1-8H3,(H,36,38)/t21-,23+,24-,25-,30-/m0/s1. The van der Waals surface area contributed by atoms with Crippen LogP contribution in [-0.4, -0.2) is 74.3 Å². The van der Waals surface area contributed by atoms with E-state index in [9.17, 15) is 32.3 Å². The molecule has 2 amide bonds. The van der Waals surface area contributed by atoms with Crippen molar-refractivity contribution < 1.29 is 46.6 Å². The Labute approximate surface area is 265 Å². The summed E-state index contributed by atoms with van der Waals surface area (Å²) in [5, 5.41) is 2.66. The number of likely N-dealkylation sites (N-methyl/N-ethyl adjacent to an activating group) is 1. The van der Waals surface area contributed by atoms with E-state index in [0.29, 0.717) is 6.42 Å². The van der Waals surface area contributed by atoms with Gasteiger partial charge in [0.2, 0.25) is 11.8 Å². The zero-order chi connectivity index (χ0) is 33.8. The van der Waals surface area contributed by atoms with Crippen LogP contribution in [0.2, 0.25) is 0 Å². The number of hydrogen-bond donors (Lipinski definition) is 1. The van der Waals surface area contributed by atoms with E-state index in [1.165, 1.54) is 44.2 Å². The Kier molecular flexibility index (Phi) is 15.4. The fourth-order valence-corrected chi connectivity index (χ4v) is 4.98. The summed E-state index contributed by atoms with van der Waals surface area (Å²) in [5.74, 6) is -2.82. The second-order valence-corrected chi connectivity index (χ2v) is 11.4. The molecule has 0 spiro atoms. The van der Waals surface area contributed by atoms with E-state index in [2.05, 4.69) is 32.0 Å². The number of rotatable bonds is 15. The van der Waals surface area contributed by atoms with E-state index < -0.39 is 71.1 Å². The van der Waals surface area contributed by atoms with Crippen LogP contribution < -0.4 is 5.32 Å². The molecule has 246 valence electrons. The predicted molar refractivity (Wildman–Crippen MR) is 161 cm³/mol. The number of benzene rings is 1. The van der Waals surface area contributed by atoms with Crippen LogP contribution >= 0.6 is 15.9 Å². The lowest BCUT2D eigenvalue weighted by Gasteiger charge is -2.35. The average molecular weight is 692 g/mol. The number of methoxy groups -OCH3 is 2. The molecule has 0 aromatic heterocycles. The first-order valence-corrected chi connectivity index (χ1v) is 14.9. The molecule has 0 heterocycles. The van der Waals surface area contributed by atoms with Crippen LogP contribution in [0.25, 0.3) is 0 Å². The van der Waals surface area contributed by atoms with E-state index in [4.69, 9.17) is 14.2 Å². The summed E-state index contributed by atoms with van der Waals surface area (Å²) < 4.78 is 58.6. The molecule has 44 heavy (non-hydrogen) atoms. The van der Waals surface area contributed by atoms with Crippen molar-refractivity contribution in [1.82, 2.24) is 10.2 Å². The zero-order valence-electron chi connectivity index (χ0n) is 26.3. The smallest absolute Gasteiger partial charge is 0.432 e. The number of nitrogens with one attached hydrogen (secondary N) is 1. The number of esters is 2. The number of nitrogens with zero attached hydrogens (tertiary/aromatic N) is 1. The molecule has 9 nitrogen and oxygen atoms in total. The van der Waals surface area contributed by atoms with Crippen molar-refractivity contribution in [3.63, 3.8) is 0 Å². The van der Waals surface area contributed by atoms with E-state index in [1.54, 1.807) is 27.7 Å². The Morgan fingerprint density at radius 1 is 1.00 bits per heavy atom. The molecule has 0 unspecified atom stereocenters. The van der Waals surface area contributed by atoms with Crippen LogP contribution in [0.3, 0.4) is 0 Å². The van der Waals surface area contributed by atoms with Crippen LogP contribution in [-0.2, 0) is 39.0 Å². The fourth-order valence-electron chi connectivity index (χ4n) is 4.78. The van der Waals surface area contributed by atoms with Crippen LogP contribution in [0, 0.1) is 28.5 Å². The van der Waals surface area contributed by atoms with Crippen LogP contribution in [0.15, 0.2) is 30.3 Å². The van der Waals surface area contributed by atoms with Crippen molar-refractivity contribution >= 4 is 39.7 Å². The third-order valence-electron chi connectivity index (χ3n) is 7.33. The molecule has 5 atom stereocenters. The summed E-state index contributed by atoms with van der Waals surface area (Å²) >= 11 is 2.97. The van der Waals surface area contributed by atoms with Gasteiger partial charge in [0.25, 0.3) is 5.60 Å². The highest BCUT2D eigenvalue weighted by Crippen LogP contribution is 2.43. The Hall–Kier alpha value is -3.11. The first-order valence-electron chi connectivity index (χ1n) is 14.1. The maximum atomic E-state index is 14.5. The lowest BCUT2D eigenvalue weighted by molar-refractivity contribution is -0.278. The van der Waals surface area contributed by atoms with Gasteiger partial charge in [0.1, 0.15) is 18.2 Å². The minimum atomic E-state index is -5.20. The second-order valence-electron chi connectivity index (χ2n) is 11.0. The summed E-state index contributed by atoms with van der Waals surface area (Å²) in [6.07, 6.45) is -5.95. The maximum Gasteiger partial charge on any atom is 0.432 e. The molecule has 0 saturated carbocycles. The van der Waals surface area contributed by atoms with Crippen LogP contribution in [0.5, 0.6) is 0 Å². The number of carbonyl (C=O) groups excluding carboxylic acids is 4. The summed E-state index contributed by atoms with van der Waals surface area (Å²) in [4.78, 5) is 56.5. The second kappa shape index (κ2) is 17.4. The Morgan fingerprint density at radius 2 is 1.59 bits per heavy atom. The number of alkyl halides is 3. The molecular formula is C31H42BrF3N2O7. The van der Waals surface area contributed by atoms with E-state index >= 15 is 0 Å². The molecule has 1 aromatic rings. The lowest BCUT2D eigenvalue weighted by atomic mass is 9.91. The first-order chi connectivity index (χ1) is 20.5. The van der Waals surface area contributed by atoms with E-state index in [1.807, 2.05) is 0 Å². The first kappa shape index (κ1) is 38.9. The Morgan fingerprint density at radius 3 is 2.05 bits per heavy atom. The molecule has 0 bridgehead atoms. The van der Waals surface area contributed by atoms with Gasteiger partial charge < -0.3 is 24.4 Å². The third-order valence-corrected chi connectivity index (χ3v) is 7.61. The number of halogens is 4. The van der Waals surface area contributed by atoms with Gasteiger partial charge in [0.05, 0.1) is 13.0 Å². The molecular weight excluding hydrogens is 649 g/mol. The monoisotopic (exact) mass is 690 g/mol. The SMILES string of the molecule is COC(=O)[C@H](C(C)C)N(C)C(=O)[C@@H](NC(=O)[C@@H](C)[C@@H](CCCC#CBr)OC(=O)[C@@](OC)(c1ccccc1)C(F)(F)F)C(C)C. The molecule has 1 N–H and O–H groups in total. The summed E-state index contributed by atoms with van der Waals surface area (Å²) in [5.41, 5.74) is -3.93. The lowest BCUT2D eigenvalue weighted by Crippen LogP contribution is -2.57. The summed E-state index contributed by atoms with van der Waals surface area (Å²) in [6.45, 7) is 8.26. The highest BCUT2D eigenvalue weighted by Gasteiger charge is 2.64. The number of ether oxygens (including phenoxy) is 3. The number of hydrogen-bond acceptors (Lipinski definition) is 7. The van der Waals surface area contributed by atoms with Crippen molar-refractivity contribution in [2.45, 2.75) is 83.8 Å². The van der Waals surface area contributed by atoms with E-state index in [-0.39, 0.29) is 18.8 Å². The van der Waals surface area contributed by atoms with Gasteiger partial charge in [-0.15, -0.1) is 0 Å². The summed E-state index contributed by atoms with van der Waals surface area (Å²) in [7, 11) is 3.39. The van der Waals surface area contributed by atoms with Crippen molar-refractivity contribution in [3.05, 3.63) is 35.9 Å². The quantitative estimate of drug-likeness (QED) is 0.157. The van der Waals surface area contributed by atoms with Crippen molar-refractivity contribution in [2.75, 3.05) is 21.3 Å². The third kappa shape index (κ3) is 9.44. The van der Waals surface area contributed by atoms with Crippen LogP contribution in [0.4, 0.5) is 13.2 Å². The van der Waals surface area contributed by atoms with Gasteiger partial charge in [0.15, 0.2) is 0 Å². The van der Waals surface area contributed by atoms with Crippen molar-refractivity contribution in [2.24, 2.45) is 17.8 Å². The summed E-state index contributed by atoms with van der Waals surface area (Å²) in [6, 6.07) is 4.33. The fraction of sp³-hybridized carbons (Fsp3) is 0.613. The highest BCUT2D eigenvalue weighted by atomic mass is 79.9. The zero-order valence-corrected chi connectivity index (χ0v) is 27.9. The van der Waals surface area contributed by atoms with Crippen molar-refractivity contribution in [1.29, 1.82) is 0 Å².